The molecular formula is CH5Cl3O2. The van der Waals surface area contributed by atoms with E-state index in [1.165, 1.54) is 0 Å². The van der Waals surface area contributed by atoms with Crippen LogP contribution in [0.3, 0.4) is 0 Å². The molecule has 0 rings (SSSR count). The summed E-state index contributed by atoms with van der Waals surface area (Å²) in [7, 11) is 0. The molecule has 0 spiro atoms. The number of halogens is 3. The fraction of sp³-hybridized carbons (Fsp3) is 0. The van der Waals surface area contributed by atoms with Crippen molar-refractivity contribution in [3.05, 3.63) is 0 Å². The summed E-state index contributed by atoms with van der Waals surface area (Å²) in [6.07, 6.45) is 0. The minimum Gasteiger partial charge on any atom is -0.483 e. The van der Waals surface area contributed by atoms with E-state index in [0.29, 0.717) is 0 Å². The summed E-state index contributed by atoms with van der Waals surface area (Å²) < 4.78 is 0. The van der Waals surface area contributed by atoms with Gasteiger partial charge in [0.2, 0.25) is 0 Å². The molecule has 0 bridgehead atoms. The number of hydrogen-bond donors (Lipinski definition) is 1. The molecule has 0 unspecified atom stereocenters. The van der Waals surface area contributed by atoms with E-state index >= 15 is 0 Å². The van der Waals surface area contributed by atoms with Crippen molar-refractivity contribution in [3.63, 3.8) is 0 Å². The Kier molecular flexibility index (Phi) is 308. The Balaban J connectivity index is -0.00000000667. The van der Waals surface area contributed by atoms with Gasteiger partial charge >= 0.3 is 0 Å². The largest absolute Gasteiger partial charge is 0.483 e. The average molecular weight is 155 g/mol. The van der Waals surface area contributed by atoms with Gasteiger partial charge in [-0.25, -0.2) is 0 Å². The average Bonchev–Trinajstić information content (AvgIpc) is 0.918. The highest BCUT2D eigenvalue weighted by molar-refractivity contribution is 5.86. The van der Waals surface area contributed by atoms with E-state index < -0.39 is 0 Å². The van der Waals surface area contributed by atoms with E-state index in [1.807, 2.05) is 0 Å². The first-order chi connectivity index (χ1) is 1.41. The first kappa shape index (κ1) is 33.0. The van der Waals surface area contributed by atoms with E-state index in [-0.39, 0.29) is 43.7 Å². The van der Waals surface area contributed by atoms with Crippen LogP contribution in [0.2, 0.25) is 0 Å². The summed E-state index contributed by atoms with van der Waals surface area (Å²) in [6, 6.07) is 0. The molecular weight excluding hydrogens is 150 g/mol. The Morgan fingerprint density at radius 1 is 1.17 bits per heavy atom. The van der Waals surface area contributed by atoms with Gasteiger partial charge in [0.05, 0.1) is 0 Å². The lowest BCUT2D eigenvalue weighted by molar-refractivity contribution is -0.122. The SMILES string of the molecule is Cl.Cl.Cl.O=CO. The second-order valence-electron chi connectivity index (χ2n) is 0.105. The number of hydrogen-bond acceptors (Lipinski definition) is 1. The summed E-state index contributed by atoms with van der Waals surface area (Å²) in [5.74, 6) is 0. The lowest BCUT2D eigenvalue weighted by atomic mass is 11.7. The van der Waals surface area contributed by atoms with Gasteiger partial charge in [0, 0.05) is 0 Å². The fourth-order valence-corrected chi connectivity index (χ4v) is 0. The van der Waals surface area contributed by atoms with Gasteiger partial charge in [-0.15, -0.1) is 37.2 Å². The van der Waals surface area contributed by atoms with Crippen molar-refractivity contribution in [2.24, 2.45) is 0 Å². The highest BCUT2D eigenvalue weighted by Gasteiger charge is 1.22. The van der Waals surface area contributed by atoms with Crippen molar-refractivity contribution in [2.75, 3.05) is 0 Å². The molecule has 0 atom stereocenters. The molecule has 0 aromatic heterocycles. The van der Waals surface area contributed by atoms with Crippen LogP contribution in [0.25, 0.3) is 0 Å². The van der Waals surface area contributed by atoms with E-state index in [4.69, 9.17) is 9.90 Å². The molecule has 0 fully saturated rings. The second kappa shape index (κ2) is 56.0. The minimum atomic E-state index is -0.250. The quantitative estimate of drug-likeness (QED) is 0.529. The van der Waals surface area contributed by atoms with E-state index in [1.54, 1.807) is 0 Å². The van der Waals surface area contributed by atoms with Gasteiger partial charge in [-0.05, 0) is 0 Å². The van der Waals surface area contributed by atoms with Crippen molar-refractivity contribution in [3.8, 4) is 0 Å². The molecule has 0 radical (unpaired) electrons. The molecule has 1 N–H and O–H groups in total. The monoisotopic (exact) mass is 154 g/mol. The molecule has 5 heteroatoms. The summed E-state index contributed by atoms with van der Waals surface area (Å²) in [4.78, 5) is 8.36. The maximum absolute atomic E-state index is 8.36. The molecule has 0 amide bonds. The van der Waals surface area contributed by atoms with E-state index in [2.05, 4.69) is 0 Å². The van der Waals surface area contributed by atoms with Crippen molar-refractivity contribution in [1.82, 2.24) is 0 Å². The van der Waals surface area contributed by atoms with Crippen LogP contribution in [-0.4, -0.2) is 11.6 Å². The molecule has 0 aromatic rings. The Bertz CT molecular complexity index is 16.3. The fourth-order valence-electron chi connectivity index (χ4n) is 0. The van der Waals surface area contributed by atoms with Crippen molar-refractivity contribution in [1.29, 1.82) is 0 Å². The summed E-state index contributed by atoms with van der Waals surface area (Å²) in [5.41, 5.74) is 0. The van der Waals surface area contributed by atoms with E-state index in [9.17, 15) is 0 Å². The molecule has 0 heterocycles. The molecule has 0 aliphatic heterocycles. The molecule has 0 saturated carbocycles. The summed E-state index contributed by atoms with van der Waals surface area (Å²) in [5, 5.41) is 6.89. The Hall–Kier alpha value is 0.340. The van der Waals surface area contributed by atoms with Crippen LogP contribution in [-0.2, 0) is 4.79 Å². The van der Waals surface area contributed by atoms with Gasteiger partial charge in [-0.2, -0.15) is 0 Å². The number of carbonyl (C=O) groups is 1. The van der Waals surface area contributed by atoms with Gasteiger partial charge in [0.15, 0.2) is 0 Å². The van der Waals surface area contributed by atoms with E-state index in [0.717, 1.165) is 0 Å². The van der Waals surface area contributed by atoms with Crippen LogP contribution >= 0.6 is 37.2 Å². The first-order valence-corrected chi connectivity index (χ1v) is 0.494. The number of rotatable bonds is 0. The third kappa shape index (κ3) is 419. The molecule has 6 heavy (non-hydrogen) atoms. The smallest absolute Gasteiger partial charge is 0.290 e. The zero-order valence-corrected chi connectivity index (χ0v) is 5.11. The van der Waals surface area contributed by atoms with Crippen LogP contribution in [0.1, 0.15) is 0 Å². The third-order valence-corrected chi connectivity index (χ3v) is 0. The number of carboxylic acid groups (broad SMARTS) is 1. The zero-order chi connectivity index (χ0) is 2.71. The van der Waals surface area contributed by atoms with Crippen molar-refractivity contribution in [2.45, 2.75) is 0 Å². The normalized spacial score (nSPS) is 2.00. The maximum Gasteiger partial charge on any atom is 0.290 e. The maximum atomic E-state index is 8.36. The van der Waals surface area contributed by atoms with Crippen LogP contribution in [0, 0.1) is 0 Å². The predicted molar refractivity (Wildman–Crippen MR) is 30.4 cm³/mol. The van der Waals surface area contributed by atoms with Gasteiger partial charge in [-0.3, -0.25) is 4.79 Å². The first-order valence-electron chi connectivity index (χ1n) is 0.494. The van der Waals surface area contributed by atoms with Gasteiger partial charge < -0.3 is 5.11 Å². The Morgan fingerprint density at radius 3 is 1.17 bits per heavy atom. The van der Waals surface area contributed by atoms with Gasteiger partial charge in [0.1, 0.15) is 0 Å². The molecule has 0 saturated heterocycles. The highest BCUT2D eigenvalue weighted by Crippen LogP contribution is 0.966. The topological polar surface area (TPSA) is 37.3 Å². The third-order valence-electron chi connectivity index (χ3n) is 0. The Morgan fingerprint density at radius 2 is 1.17 bits per heavy atom. The van der Waals surface area contributed by atoms with Crippen LogP contribution in [0.4, 0.5) is 0 Å². The summed E-state index contributed by atoms with van der Waals surface area (Å²) >= 11 is 0. The second-order valence-corrected chi connectivity index (χ2v) is 0.105. The van der Waals surface area contributed by atoms with Crippen molar-refractivity contribution >= 4 is 43.7 Å². The van der Waals surface area contributed by atoms with Gasteiger partial charge in [-0.1, -0.05) is 0 Å². The minimum absolute atomic E-state index is 0. The molecule has 0 aromatic carbocycles. The molecule has 2 nitrogen and oxygen atoms in total. The Labute approximate surface area is 54.2 Å². The van der Waals surface area contributed by atoms with Gasteiger partial charge in [0.25, 0.3) is 6.47 Å². The standard InChI is InChI=1S/CH2O2.3ClH/c2-1-3;;;/h1H,(H,2,3);3*1H. The zero-order valence-electron chi connectivity index (χ0n) is 2.66. The van der Waals surface area contributed by atoms with Crippen LogP contribution in [0.5, 0.6) is 0 Å². The summed E-state index contributed by atoms with van der Waals surface area (Å²) in [6.45, 7) is -0.250. The van der Waals surface area contributed by atoms with Crippen molar-refractivity contribution < 1.29 is 9.90 Å². The predicted octanol–water partition coefficient (Wildman–Crippen LogP) is 0.966. The lowest BCUT2D eigenvalue weighted by Crippen LogP contribution is -1.49. The molecule has 0 aliphatic carbocycles. The highest BCUT2D eigenvalue weighted by atomic mass is 35.5. The van der Waals surface area contributed by atoms with Crippen LogP contribution < -0.4 is 0 Å². The molecule has 0 aliphatic rings. The lowest BCUT2D eigenvalue weighted by Gasteiger charge is -1.34. The van der Waals surface area contributed by atoms with Crippen LogP contribution in [0.15, 0.2) is 0 Å². The molecule has 42 valence electrons.